The summed E-state index contributed by atoms with van der Waals surface area (Å²) in [5.74, 6) is -2.10. The molecule has 2 heterocycles. The smallest absolute Gasteiger partial charge is 0.286 e. The topological polar surface area (TPSA) is 82.1 Å². The molecule has 0 saturated carbocycles. The second kappa shape index (κ2) is 7.53. The van der Waals surface area contributed by atoms with Crippen molar-refractivity contribution >= 4 is 27.5 Å². The number of sulfonamides is 1. The fourth-order valence-electron chi connectivity index (χ4n) is 3.37. The van der Waals surface area contributed by atoms with Crippen molar-refractivity contribution < 1.29 is 22.0 Å². The molecule has 2 aromatic carbocycles. The molecular weight excluding hydrogens is 402 g/mol. The molecule has 0 unspecified atom stereocenters. The van der Waals surface area contributed by atoms with Gasteiger partial charge in [-0.25, -0.2) is 8.78 Å². The van der Waals surface area contributed by atoms with Gasteiger partial charge in [-0.2, -0.15) is 8.42 Å². The Morgan fingerprint density at radius 2 is 1.76 bits per heavy atom. The van der Waals surface area contributed by atoms with Crippen molar-refractivity contribution in [2.24, 2.45) is 4.40 Å². The van der Waals surface area contributed by atoms with E-state index in [0.29, 0.717) is 44.2 Å². The quantitative estimate of drug-likeness (QED) is 0.821. The van der Waals surface area contributed by atoms with Crippen molar-refractivity contribution in [2.75, 3.05) is 38.0 Å². The third-order valence-corrected chi connectivity index (χ3v) is 6.25. The lowest BCUT2D eigenvalue weighted by molar-refractivity contribution is 0.0653. The highest BCUT2D eigenvalue weighted by atomic mass is 32.2. The molecule has 7 nitrogen and oxygen atoms in total. The first-order chi connectivity index (χ1) is 13.8. The molecule has 0 atom stereocenters. The van der Waals surface area contributed by atoms with Gasteiger partial charge < -0.3 is 10.2 Å². The van der Waals surface area contributed by atoms with Crippen molar-refractivity contribution in [3.63, 3.8) is 0 Å². The van der Waals surface area contributed by atoms with Crippen LogP contribution in [0.1, 0.15) is 10.4 Å². The summed E-state index contributed by atoms with van der Waals surface area (Å²) in [5.41, 5.74) is 0.586. The van der Waals surface area contributed by atoms with Gasteiger partial charge in [-0.1, -0.05) is 12.1 Å². The number of amidine groups is 1. The van der Waals surface area contributed by atoms with Gasteiger partial charge in [0.05, 0.1) is 12.2 Å². The zero-order chi connectivity index (χ0) is 20.6. The van der Waals surface area contributed by atoms with Crippen molar-refractivity contribution in [3.05, 3.63) is 59.7 Å². The van der Waals surface area contributed by atoms with E-state index in [2.05, 4.69) is 9.71 Å². The molecule has 2 aliphatic heterocycles. The summed E-state index contributed by atoms with van der Waals surface area (Å²) in [6, 6.07) is 9.66. The predicted octanol–water partition coefficient (Wildman–Crippen LogP) is 1.94. The van der Waals surface area contributed by atoms with Crippen LogP contribution in [0.4, 0.5) is 14.5 Å². The number of hydrogen-bond donors (Lipinski definition) is 1. The highest BCUT2D eigenvalue weighted by molar-refractivity contribution is 7.90. The lowest BCUT2D eigenvalue weighted by Crippen LogP contribution is -2.50. The van der Waals surface area contributed by atoms with Crippen LogP contribution in [0.3, 0.4) is 0 Å². The minimum atomic E-state index is -3.74. The van der Waals surface area contributed by atoms with Gasteiger partial charge in [-0.05, 0) is 30.3 Å². The summed E-state index contributed by atoms with van der Waals surface area (Å²) in [5, 5.41) is 3.04. The predicted molar refractivity (Wildman–Crippen MR) is 103 cm³/mol. The van der Waals surface area contributed by atoms with Gasteiger partial charge in [0.25, 0.3) is 15.9 Å². The SMILES string of the molecule is O=C(c1ccc(F)c(F)c1)N1CCN(CC2=NS(=O)(=O)c3ccccc3N2)CC1. The van der Waals surface area contributed by atoms with Crippen LogP contribution in [0.2, 0.25) is 0 Å². The van der Waals surface area contributed by atoms with Crippen molar-refractivity contribution in [3.8, 4) is 0 Å². The number of carbonyl (C=O) groups is 1. The molecule has 0 bridgehead atoms. The van der Waals surface area contributed by atoms with E-state index in [1.165, 1.54) is 12.1 Å². The number of anilines is 1. The molecule has 1 N–H and O–H groups in total. The molecule has 29 heavy (non-hydrogen) atoms. The monoisotopic (exact) mass is 420 g/mol. The van der Waals surface area contributed by atoms with Gasteiger partial charge >= 0.3 is 0 Å². The van der Waals surface area contributed by atoms with E-state index in [0.717, 1.165) is 12.1 Å². The first-order valence-electron chi connectivity index (χ1n) is 9.00. The normalized spacial score (nSPS) is 18.6. The molecule has 0 radical (unpaired) electrons. The van der Waals surface area contributed by atoms with Gasteiger partial charge in [0.1, 0.15) is 10.7 Å². The van der Waals surface area contributed by atoms with Crippen LogP contribution in [-0.2, 0) is 10.0 Å². The summed E-state index contributed by atoms with van der Waals surface area (Å²) >= 11 is 0. The summed E-state index contributed by atoms with van der Waals surface area (Å²) < 4.78 is 54.9. The molecule has 1 amide bonds. The highest BCUT2D eigenvalue weighted by Gasteiger charge is 2.27. The van der Waals surface area contributed by atoms with E-state index >= 15 is 0 Å². The average molecular weight is 420 g/mol. The number of nitrogens with one attached hydrogen (secondary N) is 1. The van der Waals surface area contributed by atoms with Crippen LogP contribution in [0.25, 0.3) is 0 Å². The third-order valence-electron chi connectivity index (χ3n) is 4.87. The minimum absolute atomic E-state index is 0.0957. The van der Waals surface area contributed by atoms with Gasteiger partial charge in [-0.15, -0.1) is 4.40 Å². The van der Waals surface area contributed by atoms with Crippen LogP contribution < -0.4 is 5.32 Å². The maximum absolute atomic E-state index is 13.4. The maximum Gasteiger partial charge on any atom is 0.286 e. The molecule has 2 aliphatic rings. The van der Waals surface area contributed by atoms with E-state index in [-0.39, 0.29) is 16.4 Å². The zero-order valence-corrected chi connectivity index (χ0v) is 16.1. The van der Waals surface area contributed by atoms with Crippen LogP contribution in [0.5, 0.6) is 0 Å². The summed E-state index contributed by atoms with van der Waals surface area (Å²) in [4.78, 5) is 16.2. The average Bonchev–Trinajstić information content (AvgIpc) is 2.70. The zero-order valence-electron chi connectivity index (χ0n) is 15.3. The van der Waals surface area contributed by atoms with E-state index in [1.807, 2.05) is 4.90 Å². The molecule has 152 valence electrons. The second-order valence-electron chi connectivity index (χ2n) is 6.83. The number of para-hydroxylation sites is 1. The molecule has 1 fully saturated rings. The molecule has 0 spiro atoms. The summed E-state index contributed by atoms with van der Waals surface area (Å²) in [6.45, 7) is 2.05. The number of halogens is 2. The number of fused-ring (bicyclic) bond motifs is 1. The fourth-order valence-corrected chi connectivity index (χ4v) is 4.51. The Bertz CT molecular complexity index is 1100. The third kappa shape index (κ3) is 3.99. The van der Waals surface area contributed by atoms with Crippen molar-refractivity contribution in [1.29, 1.82) is 0 Å². The van der Waals surface area contributed by atoms with E-state index < -0.39 is 21.7 Å². The Kier molecular flexibility index (Phi) is 5.05. The Morgan fingerprint density at radius 3 is 2.48 bits per heavy atom. The largest absolute Gasteiger partial charge is 0.341 e. The van der Waals surface area contributed by atoms with Crippen LogP contribution in [0, 0.1) is 11.6 Å². The lowest BCUT2D eigenvalue weighted by Gasteiger charge is -2.35. The molecule has 10 heteroatoms. The number of rotatable bonds is 3. The number of benzene rings is 2. The minimum Gasteiger partial charge on any atom is -0.341 e. The highest BCUT2D eigenvalue weighted by Crippen LogP contribution is 2.26. The molecule has 0 aliphatic carbocycles. The van der Waals surface area contributed by atoms with Gasteiger partial charge in [-0.3, -0.25) is 9.69 Å². The van der Waals surface area contributed by atoms with E-state index in [1.54, 1.807) is 23.1 Å². The summed E-state index contributed by atoms with van der Waals surface area (Å²) in [6.07, 6.45) is 0. The number of amides is 1. The van der Waals surface area contributed by atoms with Crippen LogP contribution in [-0.4, -0.2) is 62.7 Å². The molecule has 1 saturated heterocycles. The number of hydrogen-bond acceptors (Lipinski definition) is 5. The van der Waals surface area contributed by atoms with Gasteiger partial charge in [0.15, 0.2) is 11.6 Å². The van der Waals surface area contributed by atoms with Crippen molar-refractivity contribution in [2.45, 2.75) is 4.90 Å². The second-order valence-corrected chi connectivity index (χ2v) is 8.40. The molecule has 2 aromatic rings. The Balaban J connectivity index is 1.39. The standard InChI is InChI=1S/C19H18F2N4O3S/c20-14-6-5-13(11-15(14)21)19(26)25-9-7-24(8-10-25)12-18-22-16-3-1-2-4-17(16)29(27,28)23-18/h1-6,11H,7-10,12H2,(H,22,23). The summed E-state index contributed by atoms with van der Waals surface area (Å²) in [7, 11) is -3.74. The fraction of sp³-hybridized carbons (Fsp3) is 0.263. The first kappa shape index (κ1) is 19.5. The number of nitrogens with zero attached hydrogens (tertiary/aromatic N) is 3. The van der Waals surface area contributed by atoms with Crippen molar-refractivity contribution in [1.82, 2.24) is 9.80 Å². The Labute approximate surface area is 166 Å². The van der Waals surface area contributed by atoms with Gasteiger partial charge in [0.2, 0.25) is 0 Å². The van der Waals surface area contributed by atoms with Crippen LogP contribution >= 0.6 is 0 Å². The van der Waals surface area contributed by atoms with Crippen LogP contribution in [0.15, 0.2) is 51.8 Å². The molecule has 4 rings (SSSR count). The van der Waals surface area contributed by atoms with E-state index in [4.69, 9.17) is 0 Å². The maximum atomic E-state index is 13.4. The lowest BCUT2D eigenvalue weighted by atomic mass is 10.1. The Morgan fingerprint density at radius 1 is 1.03 bits per heavy atom. The first-order valence-corrected chi connectivity index (χ1v) is 10.4. The Hall–Kier alpha value is -2.85. The van der Waals surface area contributed by atoms with Gasteiger partial charge in [0, 0.05) is 31.7 Å². The number of carbonyl (C=O) groups excluding carboxylic acids is 1. The molecule has 0 aromatic heterocycles. The van der Waals surface area contributed by atoms with E-state index in [9.17, 15) is 22.0 Å². The molecular formula is C19H18F2N4O3S. The number of piperazine rings is 1.